The van der Waals surface area contributed by atoms with Gasteiger partial charge < -0.3 is 24.8 Å². The maximum absolute atomic E-state index is 13.4. The third-order valence-corrected chi connectivity index (χ3v) is 6.18. The fourth-order valence-electron chi connectivity index (χ4n) is 4.13. The molecule has 0 bridgehead atoms. The molecule has 0 aliphatic heterocycles. The Morgan fingerprint density at radius 1 is 0.925 bits per heavy atom. The van der Waals surface area contributed by atoms with Crippen molar-refractivity contribution in [1.29, 1.82) is 0 Å². The number of carbonyl (C=O) groups excluding carboxylic acids is 3. The molecule has 0 aliphatic carbocycles. The number of rotatable bonds is 14. The number of benzene rings is 3. The van der Waals surface area contributed by atoms with Gasteiger partial charge in [0.05, 0.1) is 6.61 Å². The van der Waals surface area contributed by atoms with Crippen LogP contribution in [0.4, 0.5) is 10.5 Å². The molecule has 0 saturated carbocycles. The normalized spacial score (nSPS) is 10.6. The smallest absolute Gasteiger partial charge is 0.494 e. The van der Waals surface area contributed by atoms with Crippen LogP contribution in [0.5, 0.6) is 5.75 Å². The van der Waals surface area contributed by atoms with E-state index in [2.05, 4.69) is 10.1 Å². The number of hydrogen-bond donors (Lipinski definition) is 2. The van der Waals surface area contributed by atoms with E-state index in [1.54, 1.807) is 4.90 Å². The number of nitrogens with zero attached hydrogens (tertiary/aromatic N) is 1. The van der Waals surface area contributed by atoms with Gasteiger partial charge >= 0.3 is 12.1 Å². The number of ether oxygens (including phenoxy) is 2. The third-order valence-electron chi connectivity index (χ3n) is 6.18. The Hall–Kier alpha value is -4.66. The van der Waals surface area contributed by atoms with Crippen LogP contribution in [0.15, 0.2) is 72.8 Å². The van der Waals surface area contributed by atoms with Crippen molar-refractivity contribution in [2.24, 2.45) is 0 Å². The molecule has 2 N–H and O–H groups in total. The summed E-state index contributed by atoms with van der Waals surface area (Å²) in [4.78, 5) is 47.6. The molecule has 2 amide bonds. The van der Waals surface area contributed by atoms with Crippen LogP contribution in [0.2, 0.25) is 0 Å². The van der Waals surface area contributed by atoms with Crippen molar-refractivity contribution < 1.29 is 33.8 Å². The molecule has 210 valence electrons. The molecule has 0 spiro atoms. The van der Waals surface area contributed by atoms with E-state index in [-0.39, 0.29) is 18.4 Å². The van der Waals surface area contributed by atoms with Crippen molar-refractivity contribution in [3.05, 3.63) is 83.9 Å². The second kappa shape index (κ2) is 15.1. The van der Waals surface area contributed by atoms with Crippen molar-refractivity contribution in [2.45, 2.75) is 52.1 Å². The van der Waals surface area contributed by atoms with Crippen LogP contribution < -0.4 is 10.1 Å². The Morgan fingerprint density at radius 3 is 2.38 bits per heavy atom. The average molecular weight is 547 g/mol. The third kappa shape index (κ3) is 9.27. The summed E-state index contributed by atoms with van der Waals surface area (Å²) >= 11 is 0. The van der Waals surface area contributed by atoms with Crippen molar-refractivity contribution in [3.8, 4) is 16.9 Å². The van der Waals surface area contributed by atoms with Crippen LogP contribution in [0.25, 0.3) is 11.1 Å². The van der Waals surface area contributed by atoms with Crippen LogP contribution in [0, 0.1) is 0 Å². The fourth-order valence-corrected chi connectivity index (χ4v) is 4.13. The van der Waals surface area contributed by atoms with E-state index in [1.807, 2.05) is 86.6 Å². The van der Waals surface area contributed by atoms with E-state index in [1.165, 1.54) is 0 Å². The molecular weight excluding hydrogens is 512 g/mol. The lowest BCUT2D eigenvalue weighted by atomic mass is 10.0. The van der Waals surface area contributed by atoms with Crippen molar-refractivity contribution >= 4 is 30.1 Å². The highest BCUT2D eigenvalue weighted by Gasteiger charge is 2.19. The van der Waals surface area contributed by atoms with Gasteiger partial charge in [-0.25, -0.2) is 4.79 Å². The molecule has 3 rings (SSSR count). The fraction of sp³-hybridized carbons (Fsp3) is 0.290. The quantitative estimate of drug-likeness (QED) is 0.108. The van der Waals surface area contributed by atoms with Gasteiger partial charge in [0.15, 0.2) is 0 Å². The summed E-state index contributed by atoms with van der Waals surface area (Å²) in [7, 11) is 0. The number of nitrogens with one attached hydrogen (secondary N) is 1. The summed E-state index contributed by atoms with van der Waals surface area (Å²) < 4.78 is 9.92. The standard InChI is InChI=1S/C31H34N2O7/c1-22(2)33(30(36)25-15-13-24(14-16-25)26-9-7-10-27(19-26)32-21-34)20-23-8-6-11-28(18-23)39-17-5-3-4-12-29(35)40-31(37)38/h6-11,13-16,18-19,21-22H,3-5,12,17,20H2,1-2H3,(H,32,34)(H,37,38). The number of amides is 2. The lowest BCUT2D eigenvalue weighted by Crippen LogP contribution is -2.36. The second-order valence-electron chi connectivity index (χ2n) is 9.49. The van der Waals surface area contributed by atoms with Gasteiger partial charge in [0, 0.05) is 30.3 Å². The highest BCUT2D eigenvalue weighted by Crippen LogP contribution is 2.24. The Bertz CT molecular complexity index is 1310. The zero-order valence-electron chi connectivity index (χ0n) is 22.7. The van der Waals surface area contributed by atoms with Crippen LogP contribution in [-0.4, -0.2) is 47.1 Å². The predicted molar refractivity (Wildman–Crippen MR) is 151 cm³/mol. The summed E-state index contributed by atoms with van der Waals surface area (Å²) in [6.07, 6.45) is 1.02. The van der Waals surface area contributed by atoms with Crippen LogP contribution >= 0.6 is 0 Å². The molecule has 0 unspecified atom stereocenters. The van der Waals surface area contributed by atoms with Crippen molar-refractivity contribution in [2.75, 3.05) is 11.9 Å². The topological polar surface area (TPSA) is 122 Å². The van der Waals surface area contributed by atoms with Crippen molar-refractivity contribution in [1.82, 2.24) is 4.90 Å². The Labute approximate surface area is 233 Å². The molecule has 0 saturated heterocycles. The van der Waals surface area contributed by atoms with Gasteiger partial charge in [-0.1, -0.05) is 36.4 Å². The minimum atomic E-state index is -1.59. The Balaban J connectivity index is 1.56. The molecule has 0 radical (unpaired) electrons. The first-order chi connectivity index (χ1) is 19.3. The van der Waals surface area contributed by atoms with Crippen LogP contribution in [0.3, 0.4) is 0 Å². The van der Waals surface area contributed by atoms with Gasteiger partial charge in [-0.15, -0.1) is 0 Å². The van der Waals surface area contributed by atoms with E-state index in [0.717, 1.165) is 16.7 Å². The molecule has 9 nitrogen and oxygen atoms in total. The number of carboxylic acid groups (broad SMARTS) is 1. The zero-order chi connectivity index (χ0) is 28.9. The number of unbranched alkanes of at least 4 members (excludes halogenated alkanes) is 2. The molecule has 3 aromatic carbocycles. The summed E-state index contributed by atoms with van der Waals surface area (Å²) in [5.74, 6) is -0.139. The number of carbonyl (C=O) groups is 4. The SMILES string of the molecule is CC(C)N(Cc1cccc(OCCCCCC(=O)OC(=O)O)c1)C(=O)c1ccc(-c2cccc(NC=O)c2)cc1. The molecule has 0 heterocycles. The minimum absolute atomic E-state index is 0.0318. The van der Waals surface area contributed by atoms with E-state index in [4.69, 9.17) is 9.84 Å². The molecule has 0 fully saturated rings. The first kappa shape index (κ1) is 29.9. The summed E-state index contributed by atoms with van der Waals surface area (Å²) in [5, 5.41) is 11.1. The van der Waals surface area contributed by atoms with Gasteiger partial charge in [0.1, 0.15) is 5.75 Å². The number of hydrogen-bond acceptors (Lipinski definition) is 6. The maximum Gasteiger partial charge on any atom is 0.513 e. The molecular formula is C31H34N2O7. The molecule has 0 atom stereocenters. The summed E-state index contributed by atoms with van der Waals surface area (Å²) in [6, 6.07) is 22.5. The largest absolute Gasteiger partial charge is 0.513 e. The number of anilines is 1. The first-order valence-electron chi connectivity index (χ1n) is 13.1. The predicted octanol–water partition coefficient (Wildman–Crippen LogP) is 6.13. The van der Waals surface area contributed by atoms with Gasteiger partial charge in [-0.05, 0) is 86.2 Å². The lowest BCUT2D eigenvalue weighted by Gasteiger charge is -2.27. The molecule has 0 aromatic heterocycles. The monoisotopic (exact) mass is 546 g/mol. The van der Waals surface area contributed by atoms with Gasteiger partial charge in [-0.2, -0.15) is 0 Å². The van der Waals surface area contributed by atoms with E-state index < -0.39 is 12.1 Å². The second-order valence-corrected chi connectivity index (χ2v) is 9.49. The van der Waals surface area contributed by atoms with E-state index in [9.17, 15) is 19.2 Å². The van der Waals surface area contributed by atoms with E-state index >= 15 is 0 Å². The van der Waals surface area contributed by atoms with Crippen LogP contribution in [0.1, 0.15) is 55.5 Å². The Morgan fingerprint density at radius 2 is 1.68 bits per heavy atom. The average Bonchev–Trinajstić information content (AvgIpc) is 2.93. The van der Waals surface area contributed by atoms with Crippen molar-refractivity contribution in [3.63, 3.8) is 0 Å². The van der Waals surface area contributed by atoms with Crippen LogP contribution in [-0.2, 0) is 20.9 Å². The maximum atomic E-state index is 13.4. The Kier molecular flexibility index (Phi) is 11.3. The number of esters is 1. The van der Waals surface area contributed by atoms with E-state index in [0.29, 0.717) is 55.8 Å². The summed E-state index contributed by atoms with van der Waals surface area (Å²) in [6.45, 7) is 4.82. The first-order valence-corrected chi connectivity index (χ1v) is 13.1. The lowest BCUT2D eigenvalue weighted by molar-refractivity contribution is -0.139. The minimum Gasteiger partial charge on any atom is -0.494 e. The molecule has 0 aliphatic rings. The summed E-state index contributed by atoms with van der Waals surface area (Å²) in [5.41, 5.74) is 4.09. The highest BCUT2D eigenvalue weighted by molar-refractivity contribution is 5.95. The molecule has 3 aromatic rings. The highest BCUT2D eigenvalue weighted by atomic mass is 16.7. The molecule has 40 heavy (non-hydrogen) atoms. The van der Waals surface area contributed by atoms with Gasteiger partial charge in [0.2, 0.25) is 6.41 Å². The molecule has 9 heteroatoms. The zero-order valence-corrected chi connectivity index (χ0v) is 22.7. The van der Waals surface area contributed by atoms with Gasteiger partial charge in [0.25, 0.3) is 5.91 Å². The van der Waals surface area contributed by atoms with Gasteiger partial charge in [-0.3, -0.25) is 14.4 Å².